The van der Waals surface area contributed by atoms with Crippen molar-refractivity contribution in [2.75, 3.05) is 0 Å². The highest BCUT2D eigenvalue weighted by Crippen LogP contribution is 2.11. The van der Waals surface area contributed by atoms with Crippen molar-refractivity contribution in [1.29, 1.82) is 0 Å². The third-order valence-corrected chi connectivity index (χ3v) is 2.46. The summed E-state index contributed by atoms with van der Waals surface area (Å²) in [7, 11) is 0. The number of hydrogen-bond acceptors (Lipinski definition) is 3. The highest BCUT2D eigenvalue weighted by atomic mass is 79.9. The van der Waals surface area contributed by atoms with Gasteiger partial charge in [-0.15, -0.1) is 5.10 Å². The van der Waals surface area contributed by atoms with Crippen LogP contribution in [-0.2, 0) is 6.54 Å². The van der Waals surface area contributed by atoms with Gasteiger partial charge < -0.3 is 0 Å². The minimum absolute atomic E-state index is 0.354. The molecule has 0 unspecified atom stereocenters. The molecule has 0 radical (unpaired) electrons. The molecular weight excluding hydrogens is 258 g/mol. The second-order valence-electron chi connectivity index (χ2n) is 3.09. The predicted molar refractivity (Wildman–Crippen MR) is 58.7 cm³/mol. The molecule has 15 heavy (non-hydrogen) atoms. The summed E-state index contributed by atoms with van der Waals surface area (Å²) in [6, 6.07) is 7.92. The van der Waals surface area contributed by atoms with E-state index in [1.54, 1.807) is 10.9 Å². The largest absolute Gasteiger partial charge is 0.296 e. The number of aromatic nitrogens is 3. The topological polar surface area (TPSA) is 47.8 Å². The van der Waals surface area contributed by atoms with Crippen molar-refractivity contribution in [2.45, 2.75) is 6.54 Å². The average molecular weight is 266 g/mol. The molecule has 4 nitrogen and oxygen atoms in total. The number of hydrogen-bond donors (Lipinski definition) is 0. The zero-order valence-electron chi connectivity index (χ0n) is 7.80. The first-order valence-electron chi connectivity index (χ1n) is 4.37. The lowest BCUT2D eigenvalue weighted by atomic mass is 10.2. The Balaban J connectivity index is 2.14. The van der Waals surface area contributed by atoms with E-state index in [0.717, 1.165) is 10.0 Å². The van der Waals surface area contributed by atoms with Gasteiger partial charge in [0.15, 0.2) is 6.29 Å². The number of benzene rings is 1. The molecule has 1 aromatic carbocycles. The summed E-state index contributed by atoms with van der Waals surface area (Å²) >= 11 is 3.37. The lowest BCUT2D eigenvalue weighted by Crippen LogP contribution is -1.99. The molecule has 0 bridgehead atoms. The maximum Gasteiger partial charge on any atom is 0.171 e. The van der Waals surface area contributed by atoms with Crippen molar-refractivity contribution < 1.29 is 4.79 Å². The lowest BCUT2D eigenvalue weighted by Gasteiger charge is -2.00. The van der Waals surface area contributed by atoms with Crippen LogP contribution in [0.4, 0.5) is 0 Å². The minimum Gasteiger partial charge on any atom is -0.296 e. The van der Waals surface area contributed by atoms with Gasteiger partial charge >= 0.3 is 0 Å². The molecular formula is C10H8BrN3O. The molecule has 0 aliphatic rings. The normalized spacial score (nSPS) is 10.2. The van der Waals surface area contributed by atoms with E-state index in [-0.39, 0.29) is 0 Å². The minimum atomic E-state index is 0.354. The molecule has 2 aromatic rings. The third kappa shape index (κ3) is 2.50. The fourth-order valence-corrected chi connectivity index (χ4v) is 1.49. The predicted octanol–water partition coefficient (Wildman–Crippen LogP) is 1.90. The van der Waals surface area contributed by atoms with Gasteiger partial charge in [-0.3, -0.25) is 4.79 Å². The maximum atomic E-state index is 10.4. The standard InChI is InChI=1S/C10H8BrN3O/c11-9-3-1-8(2-4-9)5-14-6-10(7-15)12-13-14/h1-4,6-7H,5H2. The Morgan fingerprint density at radius 3 is 2.67 bits per heavy atom. The zero-order valence-corrected chi connectivity index (χ0v) is 9.39. The Bertz CT molecular complexity index is 464. The van der Waals surface area contributed by atoms with E-state index in [4.69, 9.17) is 0 Å². The number of carbonyl (C=O) groups is 1. The monoisotopic (exact) mass is 265 g/mol. The first kappa shape index (κ1) is 10.0. The number of aldehydes is 1. The SMILES string of the molecule is O=Cc1cn(Cc2ccc(Br)cc2)nn1. The van der Waals surface area contributed by atoms with E-state index < -0.39 is 0 Å². The maximum absolute atomic E-state index is 10.4. The van der Waals surface area contributed by atoms with Gasteiger partial charge in [0, 0.05) is 4.47 Å². The molecule has 0 saturated carbocycles. The van der Waals surface area contributed by atoms with Crippen molar-refractivity contribution >= 4 is 22.2 Å². The first-order valence-corrected chi connectivity index (χ1v) is 5.17. The molecule has 5 heteroatoms. The van der Waals surface area contributed by atoms with Crippen LogP contribution in [0.2, 0.25) is 0 Å². The van der Waals surface area contributed by atoms with Crippen molar-refractivity contribution in [3.05, 3.63) is 46.2 Å². The van der Waals surface area contributed by atoms with Gasteiger partial charge in [-0.05, 0) is 17.7 Å². The van der Waals surface area contributed by atoms with Crippen LogP contribution in [0.5, 0.6) is 0 Å². The summed E-state index contributed by atoms with van der Waals surface area (Å²) in [5.41, 5.74) is 1.47. The van der Waals surface area contributed by atoms with Gasteiger partial charge in [0.05, 0.1) is 12.7 Å². The van der Waals surface area contributed by atoms with Gasteiger partial charge in [-0.25, -0.2) is 4.68 Å². The van der Waals surface area contributed by atoms with E-state index >= 15 is 0 Å². The van der Waals surface area contributed by atoms with E-state index in [9.17, 15) is 4.79 Å². The van der Waals surface area contributed by atoms with Crippen molar-refractivity contribution in [3.63, 3.8) is 0 Å². The molecule has 1 heterocycles. The van der Waals surface area contributed by atoms with Gasteiger partial charge in [0.1, 0.15) is 5.69 Å². The molecule has 0 N–H and O–H groups in total. The van der Waals surface area contributed by atoms with Gasteiger partial charge in [-0.1, -0.05) is 33.3 Å². The summed E-state index contributed by atoms with van der Waals surface area (Å²) in [5, 5.41) is 7.51. The Morgan fingerprint density at radius 2 is 2.07 bits per heavy atom. The van der Waals surface area contributed by atoms with Crippen LogP contribution >= 0.6 is 15.9 Å². The molecule has 1 aromatic heterocycles. The van der Waals surface area contributed by atoms with E-state index in [2.05, 4.69) is 26.2 Å². The van der Waals surface area contributed by atoms with E-state index in [0.29, 0.717) is 18.5 Å². The number of rotatable bonds is 3. The smallest absolute Gasteiger partial charge is 0.171 e. The molecule has 76 valence electrons. The van der Waals surface area contributed by atoms with E-state index in [1.807, 2.05) is 24.3 Å². The molecule has 0 aliphatic carbocycles. The summed E-state index contributed by atoms with van der Waals surface area (Å²) < 4.78 is 2.67. The van der Waals surface area contributed by atoms with Crippen molar-refractivity contribution in [1.82, 2.24) is 15.0 Å². The van der Waals surface area contributed by atoms with Crippen LogP contribution in [0.1, 0.15) is 16.1 Å². The Kier molecular flexibility index (Phi) is 2.91. The summed E-state index contributed by atoms with van der Waals surface area (Å²) in [4.78, 5) is 10.4. The molecule has 0 atom stereocenters. The third-order valence-electron chi connectivity index (χ3n) is 1.93. The Labute approximate surface area is 95.0 Å². The average Bonchev–Trinajstić information content (AvgIpc) is 2.69. The molecule has 2 rings (SSSR count). The summed E-state index contributed by atoms with van der Waals surface area (Å²) in [5.74, 6) is 0. The van der Waals surface area contributed by atoms with Crippen LogP contribution in [0.15, 0.2) is 34.9 Å². The summed E-state index contributed by atoms with van der Waals surface area (Å²) in [6.07, 6.45) is 2.31. The molecule has 0 spiro atoms. The molecule has 0 saturated heterocycles. The Morgan fingerprint density at radius 1 is 1.33 bits per heavy atom. The van der Waals surface area contributed by atoms with Crippen LogP contribution in [0, 0.1) is 0 Å². The number of carbonyl (C=O) groups excluding carboxylic acids is 1. The summed E-state index contributed by atoms with van der Waals surface area (Å²) in [6.45, 7) is 0.619. The van der Waals surface area contributed by atoms with Crippen LogP contribution in [0.25, 0.3) is 0 Å². The highest BCUT2D eigenvalue weighted by Gasteiger charge is 1.99. The second-order valence-corrected chi connectivity index (χ2v) is 4.00. The van der Waals surface area contributed by atoms with Crippen molar-refractivity contribution in [3.8, 4) is 0 Å². The van der Waals surface area contributed by atoms with Crippen molar-refractivity contribution in [2.24, 2.45) is 0 Å². The quantitative estimate of drug-likeness (QED) is 0.797. The fourth-order valence-electron chi connectivity index (χ4n) is 1.22. The lowest BCUT2D eigenvalue weighted by molar-refractivity contribution is 0.111. The molecule has 0 fully saturated rings. The molecule has 0 aliphatic heterocycles. The Hall–Kier alpha value is -1.49. The van der Waals surface area contributed by atoms with Gasteiger partial charge in [-0.2, -0.15) is 0 Å². The van der Waals surface area contributed by atoms with Crippen LogP contribution in [0.3, 0.4) is 0 Å². The fraction of sp³-hybridized carbons (Fsp3) is 0.100. The van der Waals surface area contributed by atoms with E-state index in [1.165, 1.54) is 0 Å². The highest BCUT2D eigenvalue weighted by molar-refractivity contribution is 9.10. The van der Waals surface area contributed by atoms with Gasteiger partial charge in [0.2, 0.25) is 0 Å². The number of nitrogens with zero attached hydrogens (tertiary/aromatic N) is 3. The number of halogens is 1. The van der Waals surface area contributed by atoms with Gasteiger partial charge in [0.25, 0.3) is 0 Å². The first-order chi connectivity index (χ1) is 7.28. The van der Waals surface area contributed by atoms with Crippen LogP contribution in [-0.4, -0.2) is 21.3 Å². The van der Waals surface area contributed by atoms with Crippen LogP contribution < -0.4 is 0 Å². The molecule has 0 amide bonds. The second kappa shape index (κ2) is 4.35. The zero-order chi connectivity index (χ0) is 10.7.